The molecule has 2 aromatic rings. The zero-order valence-electron chi connectivity index (χ0n) is 14.0. The number of benzene rings is 1. The van der Waals surface area contributed by atoms with Gasteiger partial charge in [-0.1, -0.05) is 18.2 Å². The van der Waals surface area contributed by atoms with Crippen molar-refractivity contribution in [1.29, 1.82) is 0 Å². The van der Waals surface area contributed by atoms with Crippen molar-refractivity contribution in [2.75, 3.05) is 54.5 Å². The first-order valence-electron chi connectivity index (χ1n) is 8.58. The SMILES string of the molecule is O=C(CNc1cc(N2CCOCC2)ncn1)N1CCc2ccccc21. The Morgan fingerprint density at radius 3 is 2.88 bits per heavy atom. The lowest BCUT2D eigenvalue weighted by molar-refractivity contribution is -0.116. The van der Waals surface area contributed by atoms with E-state index in [0.29, 0.717) is 19.0 Å². The maximum atomic E-state index is 12.6. The number of ether oxygens (including phenoxy) is 1. The molecular weight excluding hydrogens is 318 g/mol. The largest absolute Gasteiger partial charge is 0.378 e. The second kappa shape index (κ2) is 7.06. The van der Waals surface area contributed by atoms with E-state index in [1.807, 2.05) is 29.2 Å². The minimum absolute atomic E-state index is 0.0523. The Hall–Kier alpha value is -2.67. The number of nitrogens with one attached hydrogen (secondary N) is 1. The average molecular weight is 339 g/mol. The van der Waals surface area contributed by atoms with E-state index in [2.05, 4.69) is 26.3 Å². The molecular formula is C18H21N5O2. The fraction of sp³-hybridized carbons (Fsp3) is 0.389. The molecule has 0 atom stereocenters. The third-order valence-electron chi connectivity index (χ3n) is 4.60. The van der Waals surface area contributed by atoms with Crippen LogP contribution in [0.5, 0.6) is 0 Å². The summed E-state index contributed by atoms with van der Waals surface area (Å²) in [6.07, 6.45) is 2.44. The van der Waals surface area contributed by atoms with Crippen LogP contribution in [0.15, 0.2) is 36.7 Å². The second-order valence-corrected chi connectivity index (χ2v) is 6.14. The third kappa shape index (κ3) is 3.41. The van der Waals surface area contributed by atoms with Gasteiger partial charge < -0.3 is 19.9 Å². The molecule has 3 heterocycles. The van der Waals surface area contributed by atoms with Crippen molar-refractivity contribution in [2.45, 2.75) is 6.42 Å². The number of nitrogens with zero attached hydrogens (tertiary/aromatic N) is 4. The lowest BCUT2D eigenvalue weighted by Crippen LogP contribution is -2.37. The van der Waals surface area contributed by atoms with Gasteiger partial charge in [0.15, 0.2) is 0 Å². The number of fused-ring (bicyclic) bond motifs is 1. The Balaban J connectivity index is 1.39. The Bertz CT molecular complexity index is 761. The van der Waals surface area contributed by atoms with Crippen LogP contribution in [-0.4, -0.2) is 55.3 Å². The van der Waals surface area contributed by atoms with Crippen molar-refractivity contribution in [3.63, 3.8) is 0 Å². The fourth-order valence-electron chi connectivity index (χ4n) is 3.27. The number of para-hydroxylation sites is 1. The molecule has 25 heavy (non-hydrogen) atoms. The second-order valence-electron chi connectivity index (χ2n) is 6.14. The highest BCUT2D eigenvalue weighted by Gasteiger charge is 2.23. The van der Waals surface area contributed by atoms with E-state index in [0.717, 1.165) is 37.6 Å². The summed E-state index contributed by atoms with van der Waals surface area (Å²) >= 11 is 0. The van der Waals surface area contributed by atoms with E-state index in [4.69, 9.17) is 4.74 Å². The summed E-state index contributed by atoms with van der Waals surface area (Å²) < 4.78 is 5.37. The van der Waals surface area contributed by atoms with Gasteiger partial charge in [0.25, 0.3) is 0 Å². The summed E-state index contributed by atoms with van der Waals surface area (Å²) in [6.45, 7) is 4.01. The van der Waals surface area contributed by atoms with Gasteiger partial charge >= 0.3 is 0 Å². The Kier molecular flexibility index (Phi) is 4.47. The molecule has 1 fully saturated rings. The molecule has 7 nitrogen and oxygen atoms in total. The molecule has 0 aliphatic carbocycles. The van der Waals surface area contributed by atoms with Crippen LogP contribution in [0.4, 0.5) is 17.3 Å². The molecule has 2 aliphatic rings. The zero-order valence-corrected chi connectivity index (χ0v) is 14.0. The molecule has 1 aromatic heterocycles. The third-order valence-corrected chi connectivity index (χ3v) is 4.60. The smallest absolute Gasteiger partial charge is 0.246 e. The van der Waals surface area contributed by atoms with Gasteiger partial charge in [-0.15, -0.1) is 0 Å². The molecule has 1 saturated heterocycles. The topological polar surface area (TPSA) is 70.6 Å². The van der Waals surface area contributed by atoms with Crippen LogP contribution in [0.3, 0.4) is 0 Å². The first-order valence-corrected chi connectivity index (χ1v) is 8.58. The predicted octanol–water partition coefficient (Wildman–Crippen LogP) is 1.31. The predicted molar refractivity (Wildman–Crippen MR) is 96.1 cm³/mol. The molecule has 1 N–H and O–H groups in total. The highest BCUT2D eigenvalue weighted by atomic mass is 16.5. The number of hydrogen-bond donors (Lipinski definition) is 1. The van der Waals surface area contributed by atoms with Gasteiger partial charge in [0.2, 0.25) is 5.91 Å². The van der Waals surface area contributed by atoms with Crippen molar-refractivity contribution < 1.29 is 9.53 Å². The average Bonchev–Trinajstić information content (AvgIpc) is 3.11. The number of amides is 1. The zero-order chi connectivity index (χ0) is 17.1. The van der Waals surface area contributed by atoms with Crippen LogP contribution in [0, 0.1) is 0 Å². The molecule has 0 bridgehead atoms. The Morgan fingerprint density at radius 1 is 1.16 bits per heavy atom. The summed E-state index contributed by atoms with van der Waals surface area (Å²) in [7, 11) is 0. The van der Waals surface area contributed by atoms with Crippen molar-refractivity contribution in [2.24, 2.45) is 0 Å². The van der Waals surface area contributed by atoms with Crippen molar-refractivity contribution in [3.05, 3.63) is 42.2 Å². The van der Waals surface area contributed by atoms with E-state index in [1.165, 1.54) is 11.9 Å². The first kappa shape index (κ1) is 15.8. The summed E-state index contributed by atoms with van der Waals surface area (Å²) in [6, 6.07) is 9.95. The van der Waals surface area contributed by atoms with Crippen LogP contribution in [0.2, 0.25) is 0 Å². The Morgan fingerprint density at radius 2 is 2.00 bits per heavy atom. The molecule has 4 rings (SSSR count). The van der Waals surface area contributed by atoms with E-state index >= 15 is 0 Å². The molecule has 0 spiro atoms. The number of anilines is 3. The van der Waals surface area contributed by atoms with Crippen LogP contribution < -0.4 is 15.1 Å². The molecule has 7 heteroatoms. The van der Waals surface area contributed by atoms with E-state index in [-0.39, 0.29) is 12.5 Å². The molecule has 130 valence electrons. The highest BCUT2D eigenvalue weighted by Crippen LogP contribution is 2.27. The number of carbonyl (C=O) groups excluding carboxylic acids is 1. The van der Waals surface area contributed by atoms with Crippen molar-refractivity contribution in [1.82, 2.24) is 9.97 Å². The molecule has 0 unspecified atom stereocenters. The van der Waals surface area contributed by atoms with E-state index in [9.17, 15) is 4.79 Å². The Labute approximate surface area is 146 Å². The molecule has 0 radical (unpaired) electrons. The molecule has 1 amide bonds. The van der Waals surface area contributed by atoms with Gasteiger partial charge in [-0.3, -0.25) is 4.79 Å². The number of aromatic nitrogens is 2. The molecule has 2 aliphatic heterocycles. The van der Waals surface area contributed by atoms with Crippen LogP contribution >= 0.6 is 0 Å². The lowest BCUT2D eigenvalue weighted by Gasteiger charge is -2.27. The minimum Gasteiger partial charge on any atom is -0.378 e. The summed E-state index contributed by atoms with van der Waals surface area (Å²) in [5, 5.41) is 3.13. The number of carbonyl (C=O) groups is 1. The lowest BCUT2D eigenvalue weighted by atomic mass is 10.2. The quantitative estimate of drug-likeness (QED) is 0.906. The van der Waals surface area contributed by atoms with Gasteiger partial charge in [0.05, 0.1) is 19.8 Å². The molecule has 1 aromatic carbocycles. The molecule has 0 saturated carbocycles. The highest BCUT2D eigenvalue weighted by molar-refractivity contribution is 5.97. The van der Waals surface area contributed by atoms with Crippen LogP contribution in [0.1, 0.15) is 5.56 Å². The maximum absolute atomic E-state index is 12.6. The van der Waals surface area contributed by atoms with Crippen LogP contribution in [0.25, 0.3) is 0 Å². The first-order chi connectivity index (χ1) is 12.3. The monoisotopic (exact) mass is 339 g/mol. The van der Waals surface area contributed by atoms with Crippen molar-refractivity contribution >= 4 is 23.2 Å². The fourth-order valence-corrected chi connectivity index (χ4v) is 3.27. The number of rotatable bonds is 4. The van der Waals surface area contributed by atoms with E-state index < -0.39 is 0 Å². The van der Waals surface area contributed by atoms with Crippen LogP contribution in [-0.2, 0) is 16.0 Å². The summed E-state index contributed by atoms with van der Waals surface area (Å²) in [4.78, 5) is 25.1. The number of hydrogen-bond acceptors (Lipinski definition) is 6. The summed E-state index contributed by atoms with van der Waals surface area (Å²) in [5.74, 6) is 1.58. The van der Waals surface area contributed by atoms with E-state index in [1.54, 1.807) is 0 Å². The van der Waals surface area contributed by atoms with Gasteiger partial charge in [-0.2, -0.15) is 0 Å². The van der Waals surface area contributed by atoms with Crippen molar-refractivity contribution in [3.8, 4) is 0 Å². The normalized spacial score (nSPS) is 16.6. The maximum Gasteiger partial charge on any atom is 0.246 e. The number of morpholine rings is 1. The van der Waals surface area contributed by atoms with Gasteiger partial charge in [-0.05, 0) is 18.1 Å². The van der Waals surface area contributed by atoms with Gasteiger partial charge in [0.1, 0.15) is 18.0 Å². The minimum atomic E-state index is 0.0523. The van der Waals surface area contributed by atoms with Gasteiger partial charge in [0, 0.05) is 31.4 Å². The summed E-state index contributed by atoms with van der Waals surface area (Å²) in [5.41, 5.74) is 2.25. The van der Waals surface area contributed by atoms with Gasteiger partial charge in [-0.25, -0.2) is 9.97 Å². The standard InChI is InChI=1S/C18H21N5O2/c24-18(23-6-5-14-3-1-2-4-15(14)23)12-19-16-11-17(21-13-20-16)22-7-9-25-10-8-22/h1-4,11,13H,5-10,12H2,(H,19,20,21).